The van der Waals surface area contributed by atoms with Gasteiger partial charge in [0.15, 0.2) is 0 Å². The van der Waals surface area contributed by atoms with Gasteiger partial charge in [-0.2, -0.15) is 0 Å². The molecule has 0 fully saturated rings. The molecular formula is C27H26ClNO5S. The first-order chi connectivity index (χ1) is 17.0. The number of rotatable bonds is 11. The second-order valence-electron chi connectivity index (χ2n) is 7.82. The van der Waals surface area contributed by atoms with E-state index in [2.05, 4.69) is 11.9 Å². The van der Waals surface area contributed by atoms with Gasteiger partial charge in [-0.05, 0) is 66.1 Å². The van der Waals surface area contributed by atoms with Crippen molar-refractivity contribution in [2.75, 3.05) is 13.2 Å². The highest BCUT2D eigenvalue weighted by Crippen LogP contribution is 2.35. The van der Waals surface area contributed by atoms with E-state index in [9.17, 15) is 9.90 Å². The van der Waals surface area contributed by atoms with Crippen LogP contribution in [0.15, 0.2) is 71.5 Å². The Balaban J connectivity index is 1.30. The van der Waals surface area contributed by atoms with Gasteiger partial charge >= 0.3 is 4.87 Å². The summed E-state index contributed by atoms with van der Waals surface area (Å²) in [7, 11) is 0. The SMILES string of the molecule is CCCc1cc(Oc2ccccc2)ccc1OCCCOc1ccc(-c2sc(=O)[nH]c2O)cc1Cl. The highest BCUT2D eigenvalue weighted by Gasteiger charge is 2.12. The highest BCUT2D eigenvalue weighted by molar-refractivity contribution is 7.13. The van der Waals surface area contributed by atoms with Gasteiger partial charge in [0.2, 0.25) is 5.88 Å². The van der Waals surface area contributed by atoms with Gasteiger partial charge in [-0.3, -0.25) is 9.78 Å². The molecule has 4 rings (SSSR count). The van der Waals surface area contributed by atoms with E-state index in [-0.39, 0.29) is 10.8 Å². The first kappa shape index (κ1) is 24.7. The molecule has 35 heavy (non-hydrogen) atoms. The van der Waals surface area contributed by atoms with E-state index in [0.717, 1.165) is 47.0 Å². The van der Waals surface area contributed by atoms with Gasteiger partial charge in [-0.1, -0.05) is 54.5 Å². The van der Waals surface area contributed by atoms with E-state index >= 15 is 0 Å². The number of H-pyrrole nitrogens is 1. The first-order valence-corrected chi connectivity index (χ1v) is 12.6. The average molecular weight is 512 g/mol. The van der Waals surface area contributed by atoms with E-state index in [0.29, 0.717) is 40.8 Å². The Morgan fingerprint density at radius 3 is 2.37 bits per heavy atom. The maximum Gasteiger partial charge on any atom is 0.307 e. The van der Waals surface area contributed by atoms with Crippen LogP contribution in [0.25, 0.3) is 10.4 Å². The van der Waals surface area contributed by atoms with Crippen LogP contribution >= 0.6 is 22.9 Å². The average Bonchev–Trinajstić information content (AvgIpc) is 3.19. The fourth-order valence-electron chi connectivity index (χ4n) is 3.55. The number of aromatic hydroxyl groups is 1. The molecule has 2 N–H and O–H groups in total. The third-order valence-electron chi connectivity index (χ3n) is 5.16. The Morgan fingerprint density at radius 2 is 1.69 bits per heavy atom. The molecule has 0 radical (unpaired) electrons. The van der Waals surface area contributed by atoms with E-state index in [4.69, 9.17) is 25.8 Å². The number of thiazole rings is 1. The number of aryl methyl sites for hydroxylation is 1. The lowest BCUT2D eigenvalue weighted by molar-refractivity contribution is 0.246. The van der Waals surface area contributed by atoms with Crippen LogP contribution in [0.2, 0.25) is 5.02 Å². The molecule has 182 valence electrons. The van der Waals surface area contributed by atoms with Crippen LogP contribution in [-0.2, 0) is 6.42 Å². The topological polar surface area (TPSA) is 80.8 Å². The first-order valence-electron chi connectivity index (χ1n) is 11.4. The summed E-state index contributed by atoms with van der Waals surface area (Å²) in [5, 5.41) is 10.2. The molecule has 0 amide bonds. The van der Waals surface area contributed by atoms with Gasteiger partial charge in [-0.15, -0.1) is 0 Å². The summed E-state index contributed by atoms with van der Waals surface area (Å²) < 4.78 is 17.8. The lowest BCUT2D eigenvalue weighted by Gasteiger charge is -2.14. The molecule has 0 unspecified atom stereocenters. The van der Waals surface area contributed by atoms with Crippen molar-refractivity contribution in [1.82, 2.24) is 4.98 Å². The maximum absolute atomic E-state index is 11.4. The monoisotopic (exact) mass is 511 g/mol. The number of ether oxygens (including phenoxy) is 3. The number of hydrogen-bond donors (Lipinski definition) is 2. The van der Waals surface area contributed by atoms with Crippen LogP contribution in [0.5, 0.6) is 28.9 Å². The summed E-state index contributed by atoms with van der Waals surface area (Å²) in [5.74, 6) is 2.80. The third-order valence-corrected chi connectivity index (χ3v) is 6.37. The second-order valence-corrected chi connectivity index (χ2v) is 9.21. The molecule has 0 atom stereocenters. The van der Waals surface area contributed by atoms with Crippen LogP contribution < -0.4 is 19.1 Å². The number of benzene rings is 3. The van der Waals surface area contributed by atoms with Crippen molar-refractivity contribution >= 4 is 22.9 Å². The molecule has 0 aliphatic rings. The standard InChI is InChI=1S/C27H26ClNO5S/c1-2-7-18-16-21(34-20-8-4-3-5-9-20)11-13-23(18)32-14-6-15-33-24-12-10-19(17-22(24)28)25-26(30)29-27(31)35-25/h3-5,8-13,16-17,30H,2,6-7,14-15H2,1H3,(H,29,31). The van der Waals surface area contributed by atoms with Gasteiger partial charge in [0.1, 0.15) is 23.0 Å². The minimum absolute atomic E-state index is 0.163. The van der Waals surface area contributed by atoms with Gasteiger partial charge in [-0.25, -0.2) is 0 Å². The minimum Gasteiger partial charge on any atom is -0.493 e. The molecule has 1 aromatic heterocycles. The third kappa shape index (κ3) is 6.59. The Hall–Kier alpha value is -3.42. The molecule has 8 heteroatoms. The van der Waals surface area contributed by atoms with Crippen molar-refractivity contribution in [1.29, 1.82) is 0 Å². The molecule has 0 spiro atoms. The molecule has 0 aliphatic heterocycles. The summed E-state index contributed by atoms with van der Waals surface area (Å²) in [6, 6.07) is 20.7. The van der Waals surface area contributed by atoms with Crippen LogP contribution in [0.4, 0.5) is 0 Å². The van der Waals surface area contributed by atoms with Gasteiger partial charge in [0.05, 0.1) is 23.1 Å². The number of halogens is 1. The predicted molar refractivity (Wildman–Crippen MR) is 140 cm³/mol. The minimum atomic E-state index is -0.325. The predicted octanol–water partition coefficient (Wildman–Crippen LogP) is 7.06. The molecule has 0 bridgehead atoms. The molecule has 0 saturated carbocycles. The molecule has 4 aromatic rings. The maximum atomic E-state index is 11.4. The fourth-order valence-corrected chi connectivity index (χ4v) is 4.51. The number of aromatic amines is 1. The molecule has 0 aliphatic carbocycles. The van der Waals surface area contributed by atoms with Crippen molar-refractivity contribution in [3.63, 3.8) is 0 Å². The van der Waals surface area contributed by atoms with Crippen LogP contribution in [0.3, 0.4) is 0 Å². The lowest BCUT2D eigenvalue weighted by Crippen LogP contribution is -2.06. The largest absolute Gasteiger partial charge is 0.493 e. The molecule has 0 saturated heterocycles. The fraction of sp³-hybridized carbons (Fsp3) is 0.222. The highest BCUT2D eigenvalue weighted by atomic mass is 35.5. The summed E-state index contributed by atoms with van der Waals surface area (Å²) in [4.78, 5) is 13.9. The molecule has 6 nitrogen and oxygen atoms in total. The van der Waals surface area contributed by atoms with Crippen LogP contribution in [0.1, 0.15) is 25.3 Å². The summed E-state index contributed by atoms with van der Waals surface area (Å²) in [6.07, 6.45) is 2.57. The van der Waals surface area contributed by atoms with E-state index in [1.165, 1.54) is 0 Å². The summed E-state index contributed by atoms with van der Waals surface area (Å²) in [6.45, 7) is 3.06. The normalized spacial score (nSPS) is 10.8. The lowest BCUT2D eigenvalue weighted by atomic mass is 10.1. The Kier molecular flexibility index (Phi) is 8.34. The van der Waals surface area contributed by atoms with Crippen molar-refractivity contribution in [2.45, 2.75) is 26.2 Å². The molecular weight excluding hydrogens is 486 g/mol. The zero-order chi connectivity index (χ0) is 24.6. The van der Waals surface area contributed by atoms with Gasteiger partial charge < -0.3 is 19.3 Å². The number of para-hydroxylation sites is 1. The van der Waals surface area contributed by atoms with Crippen molar-refractivity contribution in [2.24, 2.45) is 0 Å². The van der Waals surface area contributed by atoms with E-state index in [1.807, 2.05) is 48.5 Å². The van der Waals surface area contributed by atoms with Crippen molar-refractivity contribution in [3.8, 4) is 39.3 Å². The molecule has 3 aromatic carbocycles. The number of aromatic nitrogens is 1. The zero-order valence-corrected chi connectivity index (χ0v) is 20.8. The van der Waals surface area contributed by atoms with E-state index in [1.54, 1.807) is 18.2 Å². The van der Waals surface area contributed by atoms with Crippen LogP contribution in [-0.4, -0.2) is 23.3 Å². The van der Waals surface area contributed by atoms with Crippen LogP contribution in [0, 0.1) is 0 Å². The Labute approximate surface area is 212 Å². The quantitative estimate of drug-likeness (QED) is 0.211. The number of nitrogens with one attached hydrogen (secondary N) is 1. The van der Waals surface area contributed by atoms with Gasteiger partial charge in [0, 0.05) is 6.42 Å². The molecule has 1 heterocycles. The van der Waals surface area contributed by atoms with Gasteiger partial charge in [0.25, 0.3) is 0 Å². The smallest absolute Gasteiger partial charge is 0.307 e. The second kappa shape index (κ2) is 11.8. The summed E-state index contributed by atoms with van der Waals surface area (Å²) >= 11 is 7.27. The Bertz CT molecular complexity index is 1320. The van der Waals surface area contributed by atoms with Crippen molar-refractivity contribution in [3.05, 3.63) is 87.0 Å². The van der Waals surface area contributed by atoms with E-state index < -0.39 is 0 Å². The Morgan fingerprint density at radius 1 is 0.943 bits per heavy atom. The van der Waals surface area contributed by atoms with Crippen molar-refractivity contribution < 1.29 is 19.3 Å². The number of hydrogen-bond acceptors (Lipinski definition) is 6. The summed E-state index contributed by atoms with van der Waals surface area (Å²) in [5.41, 5.74) is 1.76. The zero-order valence-electron chi connectivity index (χ0n) is 19.3.